The van der Waals surface area contributed by atoms with Crippen LogP contribution in [0.25, 0.3) is 15.9 Å². The molecule has 0 radical (unpaired) electrons. The number of para-hydroxylation sites is 1. The normalized spacial score (nSPS) is 10.9. The van der Waals surface area contributed by atoms with Crippen LogP contribution in [-0.4, -0.2) is 49.3 Å². The molecule has 5 rings (SSSR count). The number of hydrogen-bond acceptors (Lipinski definition) is 10. The lowest BCUT2D eigenvalue weighted by atomic mass is 10.1. The monoisotopic (exact) mass is 589 g/mol. The Hall–Kier alpha value is -4.82. The number of ether oxygens (including phenoxy) is 1. The number of benzene rings is 3. The van der Waals surface area contributed by atoms with Gasteiger partial charge in [0, 0.05) is 17.8 Å². The van der Waals surface area contributed by atoms with E-state index in [1.807, 2.05) is 36.4 Å². The van der Waals surface area contributed by atoms with Crippen molar-refractivity contribution < 1.29 is 19.2 Å². The fraction of sp³-hybridized carbons (Fsp3) is 0.148. The summed E-state index contributed by atoms with van der Waals surface area (Å²) in [5.41, 5.74) is 2.10. The van der Waals surface area contributed by atoms with Gasteiger partial charge in [-0.05, 0) is 42.0 Å². The number of nitro benzene ring substituents is 1. The predicted octanol–water partition coefficient (Wildman–Crippen LogP) is 4.38. The highest BCUT2D eigenvalue weighted by Gasteiger charge is 2.18. The van der Waals surface area contributed by atoms with Gasteiger partial charge in [-0.1, -0.05) is 47.4 Å². The Labute approximate surface area is 241 Å². The van der Waals surface area contributed by atoms with Gasteiger partial charge in [-0.15, -0.1) is 10.2 Å². The fourth-order valence-corrected chi connectivity index (χ4v) is 5.52. The van der Waals surface area contributed by atoms with E-state index in [0.29, 0.717) is 27.5 Å². The average molecular weight is 590 g/mol. The summed E-state index contributed by atoms with van der Waals surface area (Å²) in [5, 5.41) is 26.1. The van der Waals surface area contributed by atoms with E-state index in [2.05, 4.69) is 25.8 Å². The number of thioether (sulfide) groups is 1. The molecule has 0 fully saturated rings. The topological polar surface area (TPSA) is 154 Å². The van der Waals surface area contributed by atoms with Crippen molar-refractivity contribution in [3.63, 3.8) is 0 Å². The number of nitrogens with one attached hydrogen (secondary N) is 2. The Morgan fingerprint density at radius 1 is 1.02 bits per heavy atom. The van der Waals surface area contributed by atoms with E-state index in [4.69, 9.17) is 4.74 Å². The minimum Gasteiger partial charge on any atom is -0.497 e. The van der Waals surface area contributed by atoms with Gasteiger partial charge < -0.3 is 15.4 Å². The van der Waals surface area contributed by atoms with Crippen molar-refractivity contribution in [3.8, 4) is 11.4 Å². The molecule has 5 aromatic rings. The molecule has 2 aromatic heterocycles. The highest BCUT2D eigenvalue weighted by atomic mass is 32.2. The molecule has 0 aliphatic rings. The third kappa shape index (κ3) is 6.85. The smallest absolute Gasteiger partial charge is 0.269 e. The number of fused-ring (bicyclic) bond motifs is 1. The molecule has 3 aromatic carbocycles. The first-order chi connectivity index (χ1) is 19.9. The number of non-ortho nitro benzene ring substituents is 1. The lowest BCUT2D eigenvalue weighted by molar-refractivity contribution is -0.384. The van der Waals surface area contributed by atoms with Crippen molar-refractivity contribution in [1.82, 2.24) is 25.1 Å². The van der Waals surface area contributed by atoms with Crippen molar-refractivity contribution in [3.05, 3.63) is 94.3 Å². The van der Waals surface area contributed by atoms with Crippen molar-refractivity contribution in [2.24, 2.45) is 0 Å². The highest BCUT2D eigenvalue weighted by molar-refractivity contribution is 7.99. The molecule has 0 saturated carbocycles. The van der Waals surface area contributed by atoms with Gasteiger partial charge >= 0.3 is 0 Å². The fourth-order valence-electron chi connectivity index (χ4n) is 3.87. The number of hydrogen-bond donors (Lipinski definition) is 2. The first-order valence-electron chi connectivity index (χ1n) is 12.3. The quantitative estimate of drug-likeness (QED) is 0.130. The first-order valence-corrected chi connectivity index (χ1v) is 14.1. The third-order valence-electron chi connectivity index (χ3n) is 5.86. The minimum absolute atomic E-state index is 0.0187. The van der Waals surface area contributed by atoms with Crippen LogP contribution in [0.3, 0.4) is 0 Å². The van der Waals surface area contributed by atoms with E-state index < -0.39 is 4.92 Å². The number of anilines is 1. The molecular weight excluding hydrogens is 566 g/mol. The summed E-state index contributed by atoms with van der Waals surface area (Å²) in [6, 6.07) is 20.7. The summed E-state index contributed by atoms with van der Waals surface area (Å²) in [6.07, 6.45) is 0.156. The van der Waals surface area contributed by atoms with Crippen molar-refractivity contribution in [1.29, 1.82) is 0 Å². The molecule has 0 spiro atoms. The Bertz CT molecular complexity index is 1670. The second-order valence-electron chi connectivity index (χ2n) is 8.63. The van der Waals surface area contributed by atoms with Gasteiger partial charge in [0.2, 0.25) is 11.8 Å². The number of nitro groups is 1. The van der Waals surface area contributed by atoms with Crippen LogP contribution in [0, 0.1) is 10.1 Å². The molecular formula is C27H23N7O5S2. The third-order valence-corrected chi connectivity index (χ3v) is 7.74. The summed E-state index contributed by atoms with van der Waals surface area (Å²) < 4.78 is 7.77. The van der Waals surface area contributed by atoms with Crippen LogP contribution >= 0.6 is 23.1 Å². The molecule has 208 valence electrons. The number of carbonyl (C=O) groups excluding carboxylic acids is 2. The zero-order valence-corrected chi connectivity index (χ0v) is 23.3. The summed E-state index contributed by atoms with van der Waals surface area (Å²) in [4.78, 5) is 40.4. The Morgan fingerprint density at radius 3 is 2.49 bits per heavy atom. The lowest BCUT2D eigenvalue weighted by Crippen LogP contribution is -2.26. The maximum Gasteiger partial charge on any atom is 0.269 e. The van der Waals surface area contributed by atoms with E-state index in [1.165, 1.54) is 23.5 Å². The molecule has 2 N–H and O–H groups in total. The van der Waals surface area contributed by atoms with Gasteiger partial charge in [-0.3, -0.25) is 24.3 Å². The molecule has 0 atom stereocenters. The van der Waals surface area contributed by atoms with Crippen LogP contribution in [0.15, 0.2) is 78.0 Å². The zero-order chi connectivity index (χ0) is 28.8. The lowest BCUT2D eigenvalue weighted by Gasteiger charge is -2.11. The molecule has 12 nitrogen and oxygen atoms in total. The number of nitrogens with zero attached hydrogens (tertiary/aromatic N) is 5. The number of amides is 2. The molecule has 0 bridgehead atoms. The van der Waals surface area contributed by atoms with Crippen LogP contribution in [0.1, 0.15) is 11.4 Å². The zero-order valence-electron chi connectivity index (χ0n) is 21.6. The SMILES string of the molecule is COc1ccc(CC(=O)NCc2nnc(SCC(=O)Nc3nc4ccccc4s3)n2-c2ccc([N+](=O)[O-])cc2)cc1. The van der Waals surface area contributed by atoms with Gasteiger partial charge in [-0.25, -0.2) is 4.98 Å². The molecule has 14 heteroatoms. The maximum absolute atomic E-state index is 12.7. The van der Waals surface area contributed by atoms with E-state index in [9.17, 15) is 19.7 Å². The Kier molecular flexibility index (Phi) is 8.50. The largest absolute Gasteiger partial charge is 0.497 e. The van der Waals surface area contributed by atoms with Crippen molar-refractivity contribution in [2.75, 3.05) is 18.2 Å². The number of carbonyl (C=O) groups is 2. The molecule has 0 unspecified atom stereocenters. The summed E-state index contributed by atoms with van der Waals surface area (Å²) in [7, 11) is 1.57. The van der Waals surface area contributed by atoms with Crippen molar-refractivity contribution >= 4 is 55.9 Å². The predicted molar refractivity (Wildman–Crippen MR) is 156 cm³/mol. The van der Waals surface area contributed by atoms with E-state index in [0.717, 1.165) is 27.5 Å². The number of aromatic nitrogens is 4. The number of rotatable bonds is 11. The molecule has 2 amide bonds. The van der Waals surface area contributed by atoms with Gasteiger partial charge in [0.15, 0.2) is 16.1 Å². The second-order valence-corrected chi connectivity index (χ2v) is 10.6. The molecule has 0 aliphatic carbocycles. The number of methoxy groups -OCH3 is 1. The molecule has 2 heterocycles. The maximum atomic E-state index is 12.7. The van der Waals surface area contributed by atoms with E-state index in [1.54, 1.807) is 35.9 Å². The van der Waals surface area contributed by atoms with Gasteiger partial charge in [-0.2, -0.15) is 0 Å². The summed E-state index contributed by atoms with van der Waals surface area (Å²) in [6.45, 7) is 0.0530. The summed E-state index contributed by atoms with van der Waals surface area (Å²) in [5.74, 6) is 0.616. The highest BCUT2D eigenvalue weighted by Crippen LogP contribution is 2.27. The van der Waals surface area contributed by atoms with Crippen LogP contribution < -0.4 is 15.4 Å². The Balaban J connectivity index is 1.29. The van der Waals surface area contributed by atoms with E-state index in [-0.39, 0.29) is 36.2 Å². The summed E-state index contributed by atoms with van der Waals surface area (Å²) >= 11 is 2.52. The van der Waals surface area contributed by atoms with Crippen molar-refractivity contribution in [2.45, 2.75) is 18.1 Å². The molecule has 41 heavy (non-hydrogen) atoms. The molecule has 0 aliphatic heterocycles. The standard InChI is InChI=1S/C27H23N7O5S2/c1-39-20-12-6-17(7-13-20)14-24(35)28-15-23-31-32-27(33(23)18-8-10-19(11-9-18)34(37)38)40-16-25(36)30-26-29-21-4-2-3-5-22(21)41-26/h2-13H,14-16H2,1H3,(H,28,35)(H,29,30,36). The van der Waals surface area contributed by atoms with Crippen LogP contribution in [0.2, 0.25) is 0 Å². The average Bonchev–Trinajstić information content (AvgIpc) is 3.58. The van der Waals surface area contributed by atoms with Gasteiger partial charge in [0.05, 0.1) is 41.0 Å². The van der Waals surface area contributed by atoms with Crippen LogP contribution in [0.4, 0.5) is 10.8 Å². The first kappa shape index (κ1) is 27.7. The van der Waals surface area contributed by atoms with Crippen LogP contribution in [0.5, 0.6) is 5.75 Å². The number of thiazole rings is 1. The van der Waals surface area contributed by atoms with Gasteiger partial charge in [0.1, 0.15) is 5.75 Å². The molecule has 0 saturated heterocycles. The van der Waals surface area contributed by atoms with E-state index >= 15 is 0 Å². The Morgan fingerprint density at radius 2 is 1.78 bits per heavy atom. The minimum atomic E-state index is -0.488. The van der Waals surface area contributed by atoms with Crippen LogP contribution in [-0.2, 0) is 22.6 Å². The second kappa shape index (κ2) is 12.6. The van der Waals surface area contributed by atoms with Gasteiger partial charge in [0.25, 0.3) is 5.69 Å².